The number of carbonyl (C=O) groups is 2. The Morgan fingerprint density at radius 2 is 1.68 bits per heavy atom. The molecule has 2 heterocycles. The molecule has 4 rings (SSSR count). The minimum Gasteiger partial charge on any atom is -0.507 e. The number of rotatable bonds is 5. The van der Waals surface area contributed by atoms with E-state index in [1.165, 1.54) is 0 Å². The topological polar surface area (TPSA) is 70.1 Å². The van der Waals surface area contributed by atoms with Crippen LogP contribution in [0.25, 0.3) is 5.76 Å². The van der Waals surface area contributed by atoms with Gasteiger partial charge in [0.05, 0.1) is 24.8 Å². The summed E-state index contributed by atoms with van der Waals surface area (Å²) in [5.74, 6) is -1.42. The van der Waals surface area contributed by atoms with Crippen LogP contribution in [0.15, 0.2) is 54.1 Å². The molecule has 2 aromatic carbocycles. The van der Waals surface area contributed by atoms with Crippen LogP contribution in [-0.4, -0.2) is 66.0 Å². The lowest BCUT2D eigenvalue weighted by molar-refractivity contribution is -0.140. The van der Waals surface area contributed by atoms with Gasteiger partial charge in [0.2, 0.25) is 0 Å². The Hall–Kier alpha value is -2.67. The molecule has 0 aliphatic carbocycles. The van der Waals surface area contributed by atoms with E-state index >= 15 is 0 Å². The van der Waals surface area contributed by atoms with Crippen LogP contribution in [0.2, 0.25) is 5.02 Å². The number of aryl methyl sites for hydroxylation is 1. The van der Waals surface area contributed by atoms with E-state index in [0.29, 0.717) is 36.9 Å². The molecule has 0 radical (unpaired) electrons. The van der Waals surface area contributed by atoms with Crippen LogP contribution in [0, 0.1) is 6.92 Å². The van der Waals surface area contributed by atoms with Crippen LogP contribution in [0.1, 0.15) is 22.7 Å². The normalized spacial score (nSPS) is 21.6. The lowest BCUT2D eigenvalue weighted by Gasteiger charge is -2.31. The molecule has 2 aliphatic heterocycles. The Morgan fingerprint density at radius 1 is 1.03 bits per heavy atom. The van der Waals surface area contributed by atoms with Gasteiger partial charge in [0.25, 0.3) is 11.7 Å². The number of ketones is 1. The monoisotopic (exact) mass is 440 g/mol. The molecule has 1 N–H and O–H groups in total. The van der Waals surface area contributed by atoms with Gasteiger partial charge < -0.3 is 14.7 Å². The zero-order valence-electron chi connectivity index (χ0n) is 17.4. The minimum atomic E-state index is -0.667. The number of morpholine rings is 1. The number of nitrogens with zero attached hydrogens (tertiary/aromatic N) is 2. The highest BCUT2D eigenvalue weighted by atomic mass is 35.5. The molecule has 7 heteroatoms. The van der Waals surface area contributed by atoms with Crippen molar-refractivity contribution in [1.29, 1.82) is 0 Å². The van der Waals surface area contributed by atoms with Gasteiger partial charge in [-0.3, -0.25) is 14.5 Å². The zero-order chi connectivity index (χ0) is 22.0. The summed E-state index contributed by atoms with van der Waals surface area (Å²) in [4.78, 5) is 29.8. The summed E-state index contributed by atoms with van der Waals surface area (Å²) in [7, 11) is 0. The van der Waals surface area contributed by atoms with E-state index in [-0.39, 0.29) is 11.3 Å². The fourth-order valence-electron chi connectivity index (χ4n) is 4.04. The molecule has 6 nitrogen and oxygen atoms in total. The molecule has 1 unspecified atom stereocenters. The van der Waals surface area contributed by atoms with Gasteiger partial charge in [-0.25, -0.2) is 0 Å². The van der Waals surface area contributed by atoms with E-state index in [9.17, 15) is 14.7 Å². The minimum absolute atomic E-state index is 0.109. The van der Waals surface area contributed by atoms with Crippen LogP contribution < -0.4 is 0 Å². The molecule has 2 aromatic rings. The molecule has 1 atom stereocenters. The number of hydrogen-bond donors (Lipinski definition) is 1. The lowest BCUT2D eigenvalue weighted by Crippen LogP contribution is -2.42. The maximum Gasteiger partial charge on any atom is 0.295 e. The first-order valence-corrected chi connectivity index (χ1v) is 10.7. The van der Waals surface area contributed by atoms with Crippen molar-refractivity contribution in [1.82, 2.24) is 9.80 Å². The van der Waals surface area contributed by atoms with E-state index in [1.54, 1.807) is 41.3 Å². The first-order valence-electron chi connectivity index (χ1n) is 10.4. The summed E-state index contributed by atoms with van der Waals surface area (Å²) in [6, 6.07) is 13.6. The SMILES string of the molecule is Cc1ccc(C(O)=C2C(=O)C(=O)N(CCN3CCOCC3)C2c2ccc(Cl)cc2)cc1. The first kappa shape index (κ1) is 21.6. The molecule has 2 fully saturated rings. The number of aliphatic hydroxyl groups is 1. The van der Waals surface area contributed by atoms with E-state index in [0.717, 1.165) is 24.2 Å². The molecule has 2 saturated heterocycles. The number of ether oxygens (including phenoxy) is 1. The van der Waals surface area contributed by atoms with Crippen LogP contribution in [0.5, 0.6) is 0 Å². The van der Waals surface area contributed by atoms with E-state index in [4.69, 9.17) is 16.3 Å². The number of Topliss-reactive ketones (excluding diaryl/α,β-unsaturated/α-hetero) is 1. The quantitative estimate of drug-likeness (QED) is 0.438. The molecule has 0 aromatic heterocycles. The van der Waals surface area contributed by atoms with Gasteiger partial charge in [-0.05, 0) is 24.6 Å². The largest absolute Gasteiger partial charge is 0.507 e. The van der Waals surface area contributed by atoms with E-state index in [1.807, 2.05) is 19.1 Å². The maximum absolute atomic E-state index is 13.0. The van der Waals surface area contributed by atoms with Gasteiger partial charge in [0, 0.05) is 36.8 Å². The molecular weight excluding hydrogens is 416 g/mol. The number of likely N-dealkylation sites (tertiary alicyclic amines) is 1. The molecule has 0 saturated carbocycles. The lowest BCUT2D eigenvalue weighted by atomic mass is 9.95. The van der Waals surface area contributed by atoms with Crippen molar-refractivity contribution in [3.05, 3.63) is 75.8 Å². The van der Waals surface area contributed by atoms with Crippen molar-refractivity contribution < 1.29 is 19.4 Å². The predicted molar refractivity (Wildman–Crippen MR) is 119 cm³/mol. The van der Waals surface area contributed by atoms with Gasteiger partial charge in [-0.2, -0.15) is 0 Å². The smallest absolute Gasteiger partial charge is 0.295 e. The summed E-state index contributed by atoms with van der Waals surface area (Å²) in [6.45, 7) is 5.85. The summed E-state index contributed by atoms with van der Waals surface area (Å²) in [6.07, 6.45) is 0. The second-order valence-corrected chi connectivity index (χ2v) is 8.30. The fourth-order valence-corrected chi connectivity index (χ4v) is 4.17. The van der Waals surface area contributed by atoms with E-state index < -0.39 is 17.7 Å². The van der Waals surface area contributed by atoms with Gasteiger partial charge in [-0.15, -0.1) is 0 Å². The van der Waals surface area contributed by atoms with Crippen molar-refractivity contribution in [2.24, 2.45) is 0 Å². The third-order valence-corrected chi connectivity index (χ3v) is 6.06. The summed E-state index contributed by atoms with van der Waals surface area (Å²) in [5, 5.41) is 11.6. The zero-order valence-corrected chi connectivity index (χ0v) is 18.1. The van der Waals surface area contributed by atoms with Crippen LogP contribution in [-0.2, 0) is 14.3 Å². The highest BCUT2D eigenvalue weighted by Crippen LogP contribution is 2.39. The molecular formula is C24H25ClN2O4. The average Bonchev–Trinajstić information content (AvgIpc) is 3.04. The van der Waals surface area contributed by atoms with Gasteiger partial charge in [0.1, 0.15) is 5.76 Å². The fraction of sp³-hybridized carbons (Fsp3) is 0.333. The van der Waals surface area contributed by atoms with Gasteiger partial charge in [0.15, 0.2) is 0 Å². The number of amides is 1. The van der Waals surface area contributed by atoms with Crippen molar-refractivity contribution in [3.8, 4) is 0 Å². The third kappa shape index (κ3) is 4.51. The third-order valence-electron chi connectivity index (χ3n) is 5.81. The number of benzene rings is 2. The number of halogens is 1. The van der Waals surface area contributed by atoms with Gasteiger partial charge in [-0.1, -0.05) is 53.6 Å². The van der Waals surface area contributed by atoms with Crippen molar-refractivity contribution in [2.45, 2.75) is 13.0 Å². The van der Waals surface area contributed by atoms with Gasteiger partial charge >= 0.3 is 0 Å². The Labute approximate surface area is 186 Å². The Bertz CT molecular complexity index is 995. The summed E-state index contributed by atoms with van der Waals surface area (Å²) in [5.41, 5.74) is 2.39. The highest BCUT2D eigenvalue weighted by Gasteiger charge is 2.46. The Morgan fingerprint density at radius 3 is 2.32 bits per heavy atom. The molecule has 2 aliphatic rings. The summed E-state index contributed by atoms with van der Waals surface area (Å²) < 4.78 is 5.39. The predicted octanol–water partition coefficient (Wildman–Crippen LogP) is 3.40. The first-order chi connectivity index (χ1) is 15.0. The molecule has 162 valence electrons. The molecule has 0 bridgehead atoms. The van der Waals surface area contributed by atoms with Crippen LogP contribution in [0.4, 0.5) is 0 Å². The second kappa shape index (κ2) is 9.22. The number of aliphatic hydroxyl groups excluding tert-OH is 1. The van der Waals surface area contributed by atoms with E-state index in [2.05, 4.69) is 4.90 Å². The average molecular weight is 441 g/mol. The molecule has 0 spiro atoms. The number of hydrogen-bond acceptors (Lipinski definition) is 5. The summed E-state index contributed by atoms with van der Waals surface area (Å²) >= 11 is 6.06. The van der Waals surface area contributed by atoms with Crippen LogP contribution in [0.3, 0.4) is 0 Å². The van der Waals surface area contributed by atoms with Crippen LogP contribution >= 0.6 is 11.6 Å². The van der Waals surface area contributed by atoms with Crippen molar-refractivity contribution in [3.63, 3.8) is 0 Å². The number of carbonyl (C=O) groups excluding carboxylic acids is 2. The van der Waals surface area contributed by atoms with Crippen molar-refractivity contribution >= 4 is 29.1 Å². The van der Waals surface area contributed by atoms with Crippen molar-refractivity contribution in [2.75, 3.05) is 39.4 Å². The second-order valence-electron chi connectivity index (χ2n) is 7.86. The standard InChI is InChI=1S/C24H25ClN2O4/c1-16-2-4-18(5-3-16)22(28)20-21(17-6-8-19(25)9-7-17)27(24(30)23(20)29)11-10-26-12-14-31-15-13-26/h2-9,21,28H,10-15H2,1H3. The Kier molecular flexibility index (Phi) is 6.41. The highest BCUT2D eigenvalue weighted by molar-refractivity contribution is 6.46. The molecule has 31 heavy (non-hydrogen) atoms. The Balaban J connectivity index is 1.72. The maximum atomic E-state index is 13.0. The molecule has 1 amide bonds.